The monoisotopic (exact) mass is 408 g/mol. The zero-order chi connectivity index (χ0) is 20.0. The van der Waals surface area contributed by atoms with Crippen molar-refractivity contribution in [1.29, 1.82) is 0 Å². The second kappa shape index (κ2) is 9.31. The van der Waals surface area contributed by atoms with E-state index in [0.29, 0.717) is 13.0 Å². The van der Waals surface area contributed by atoms with Gasteiger partial charge in [-0.05, 0) is 24.5 Å². The second-order valence-electron chi connectivity index (χ2n) is 6.65. The minimum atomic E-state index is -3.55. The summed E-state index contributed by atoms with van der Waals surface area (Å²) in [5, 5.41) is 1.18. The Morgan fingerprint density at radius 3 is 2.50 bits per heavy atom. The van der Waals surface area contributed by atoms with Crippen LogP contribution in [0.3, 0.4) is 0 Å². The van der Waals surface area contributed by atoms with Crippen molar-refractivity contribution < 1.29 is 27.5 Å². The summed E-state index contributed by atoms with van der Waals surface area (Å²) in [5.41, 5.74) is 0.799. The van der Waals surface area contributed by atoms with E-state index in [1.165, 1.54) is 14.6 Å². The van der Waals surface area contributed by atoms with Gasteiger partial charge in [-0.2, -0.15) is 4.31 Å². The minimum absolute atomic E-state index is 0.201. The highest BCUT2D eigenvalue weighted by Gasteiger charge is 2.29. The normalized spacial score (nSPS) is 21.1. The van der Waals surface area contributed by atoms with E-state index in [2.05, 4.69) is 0 Å². The van der Waals surface area contributed by atoms with Crippen LogP contribution in [-0.2, 0) is 29.1 Å². The molecule has 0 saturated carbocycles. The summed E-state index contributed by atoms with van der Waals surface area (Å²) in [6.07, 6.45) is 2.39. The Labute approximate surface area is 164 Å². The molecular weight excluding hydrogens is 384 g/mol. The van der Waals surface area contributed by atoms with Crippen LogP contribution in [0.1, 0.15) is 18.4 Å². The summed E-state index contributed by atoms with van der Waals surface area (Å²) in [7, 11) is -3.55. The van der Waals surface area contributed by atoms with Crippen LogP contribution in [0, 0.1) is 0 Å². The minimum Gasteiger partial charge on any atom is -0.454 e. The zero-order valence-electron chi connectivity index (χ0n) is 15.5. The molecule has 8 nitrogen and oxygen atoms in total. The number of sulfonamides is 1. The molecule has 0 aromatic heterocycles. The number of hydrogen-bond acceptors (Lipinski definition) is 6. The highest BCUT2D eigenvalue weighted by Crippen LogP contribution is 2.14. The van der Waals surface area contributed by atoms with Crippen LogP contribution in [0.15, 0.2) is 35.7 Å². The number of piperazine rings is 1. The van der Waals surface area contributed by atoms with Gasteiger partial charge in [0.2, 0.25) is 10.0 Å². The first kappa shape index (κ1) is 20.5. The maximum atomic E-state index is 12.4. The summed E-state index contributed by atoms with van der Waals surface area (Å²) >= 11 is 0. The average molecular weight is 408 g/mol. The SMILES string of the molecule is O=C(OCC(=O)N1CCN(S(=O)(=O)/C=C/c2ccccc2)CC1)[C@@H]1CCCO1. The van der Waals surface area contributed by atoms with Gasteiger partial charge in [-0.15, -0.1) is 0 Å². The third-order valence-electron chi connectivity index (χ3n) is 4.71. The molecule has 9 heteroatoms. The van der Waals surface area contributed by atoms with E-state index in [9.17, 15) is 18.0 Å². The van der Waals surface area contributed by atoms with Crippen molar-refractivity contribution in [3.05, 3.63) is 41.3 Å². The Bertz CT molecular complexity index is 810. The fourth-order valence-electron chi connectivity index (χ4n) is 3.09. The number of benzene rings is 1. The van der Waals surface area contributed by atoms with Crippen LogP contribution in [0.4, 0.5) is 0 Å². The van der Waals surface area contributed by atoms with E-state index < -0.39 is 22.1 Å². The predicted molar refractivity (Wildman–Crippen MR) is 102 cm³/mol. The van der Waals surface area contributed by atoms with Gasteiger partial charge in [-0.1, -0.05) is 30.3 Å². The quantitative estimate of drug-likeness (QED) is 0.648. The Hall–Kier alpha value is -2.23. The highest BCUT2D eigenvalue weighted by molar-refractivity contribution is 7.92. The number of carbonyl (C=O) groups excluding carboxylic acids is 2. The van der Waals surface area contributed by atoms with Gasteiger partial charge in [-0.3, -0.25) is 4.79 Å². The molecule has 0 radical (unpaired) electrons. The van der Waals surface area contributed by atoms with E-state index in [1.807, 2.05) is 30.3 Å². The van der Waals surface area contributed by atoms with Crippen molar-refractivity contribution in [2.75, 3.05) is 39.4 Å². The number of nitrogens with zero attached hydrogens (tertiary/aromatic N) is 2. The lowest BCUT2D eigenvalue weighted by Crippen LogP contribution is -2.51. The van der Waals surface area contributed by atoms with E-state index in [-0.39, 0.29) is 38.7 Å². The van der Waals surface area contributed by atoms with Crippen molar-refractivity contribution in [1.82, 2.24) is 9.21 Å². The Morgan fingerprint density at radius 2 is 1.86 bits per heavy atom. The molecule has 0 aliphatic carbocycles. The third-order valence-corrected chi connectivity index (χ3v) is 6.28. The first-order valence-corrected chi connectivity index (χ1v) is 10.8. The van der Waals surface area contributed by atoms with Crippen molar-refractivity contribution in [2.24, 2.45) is 0 Å². The molecule has 0 unspecified atom stereocenters. The molecule has 1 atom stereocenters. The summed E-state index contributed by atoms with van der Waals surface area (Å²) in [4.78, 5) is 25.5. The van der Waals surface area contributed by atoms with Crippen LogP contribution < -0.4 is 0 Å². The molecule has 2 saturated heterocycles. The number of ether oxygens (including phenoxy) is 2. The van der Waals surface area contributed by atoms with Gasteiger partial charge < -0.3 is 14.4 Å². The first-order valence-electron chi connectivity index (χ1n) is 9.25. The van der Waals surface area contributed by atoms with Gasteiger partial charge in [0.15, 0.2) is 12.7 Å². The second-order valence-corrected chi connectivity index (χ2v) is 8.47. The fraction of sp³-hybridized carbons (Fsp3) is 0.474. The van der Waals surface area contributed by atoms with Crippen LogP contribution in [0.2, 0.25) is 0 Å². The molecule has 0 bridgehead atoms. The molecule has 1 aromatic rings. The number of esters is 1. The summed E-state index contributed by atoms with van der Waals surface area (Å²) in [5.74, 6) is -0.846. The van der Waals surface area contributed by atoms with Gasteiger partial charge in [0, 0.05) is 38.2 Å². The fourth-order valence-corrected chi connectivity index (χ4v) is 4.26. The molecule has 3 rings (SSSR count). The maximum Gasteiger partial charge on any atom is 0.335 e. The van der Waals surface area contributed by atoms with E-state index in [1.54, 1.807) is 6.08 Å². The first-order chi connectivity index (χ1) is 13.5. The lowest BCUT2D eigenvalue weighted by molar-refractivity contribution is -0.160. The topological polar surface area (TPSA) is 93.2 Å². The average Bonchev–Trinajstić information content (AvgIpc) is 3.26. The largest absolute Gasteiger partial charge is 0.454 e. The molecule has 152 valence electrons. The van der Waals surface area contributed by atoms with Crippen LogP contribution in [0.25, 0.3) is 6.08 Å². The van der Waals surface area contributed by atoms with Crippen molar-refractivity contribution in [2.45, 2.75) is 18.9 Å². The standard InChI is InChI=1S/C19H24N2O6S/c22-18(15-27-19(23)17-7-4-13-26-17)20-9-11-21(12-10-20)28(24,25)14-8-16-5-2-1-3-6-16/h1-3,5-6,8,14,17H,4,7,9-13,15H2/b14-8+/t17-/m0/s1. The smallest absolute Gasteiger partial charge is 0.335 e. The summed E-state index contributed by atoms with van der Waals surface area (Å²) in [6.45, 7) is 1.10. The van der Waals surface area contributed by atoms with Crippen molar-refractivity contribution in [3.8, 4) is 0 Å². The Morgan fingerprint density at radius 1 is 1.14 bits per heavy atom. The number of hydrogen-bond donors (Lipinski definition) is 0. The summed E-state index contributed by atoms with van der Waals surface area (Å²) < 4.78 is 36.5. The molecule has 0 spiro atoms. The molecule has 2 aliphatic heterocycles. The molecule has 2 heterocycles. The highest BCUT2D eigenvalue weighted by atomic mass is 32.2. The lowest BCUT2D eigenvalue weighted by atomic mass is 10.2. The summed E-state index contributed by atoms with van der Waals surface area (Å²) in [6, 6.07) is 9.17. The van der Waals surface area contributed by atoms with Crippen molar-refractivity contribution in [3.63, 3.8) is 0 Å². The van der Waals surface area contributed by atoms with E-state index >= 15 is 0 Å². The maximum absolute atomic E-state index is 12.4. The van der Waals surface area contributed by atoms with Gasteiger partial charge >= 0.3 is 5.97 Å². The van der Waals surface area contributed by atoms with Gasteiger partial charge in [0.05, 0.1) is 0 Å². The van der Waals surface area contributed by atoms with Crippen LogP contribution in [0.5, 0.6) is 0 Å². The van der Waals surface area contributed by atoms with Gasteiger partial charge in [-0.25, -0.2) is 13.2 Å². The van der Waals surface area contributed by atoms with Gasteiger partial charge in [0.25, 0.3) is 5.91 Å². The Balaban J connectivity index is 1.46. The Kier molecular flexibility index (Phi) is 6.82. The van der Waals surface area contributed by atoms with Crippen molar-refractivity contribution >= 4 is 28.0 Å². The number of amides is 1. The molecule has 0 N–H and O–H groups in total. The van der Waals surface area contributed by atoms with Crippen LogP contribution >= 0.6 is 0 Å². The number of carbonyl (C=O) groups is 2. The molecule has 2 fully saturated rings. The van der Waals surface area contributed by atoms with Crippen LogP contribution in [-0.4, -0.2) is 75.0 Å². The zero-order valence-corrected chi connectivity index (χ0v) is 16.3. The van der Waals surface area contributed by atoms with E-state index in [0.717, 1.165) is 12.0 Å². The van der Waals surface area contributed by atoms with E-state index in [4.69, 9.17) is 9.47 Å². The molecule has 2 aliphatic rings. The number of rotatable bonds is 6. The molecular formula is C19H24N2O6S. The predicted octanol–water partition coefficient (Wildman–Crippen LogP) is 0.853. The molecule has 1 amide bonds. The van der Waals surface area contributed by atoms with Gasteiger partial charge in [0.1, 0.15) is 0 Å². The molecule has 28 heavy (non-hydrogen) atoms. The third kappa shape index (κ3) is 5.40. The lowest BCUT2D eigenvalue weighted by Gasteiger charge is -2.33. The molecule has 1 aromatic carbocycles.